The molecule has 0 unspecified atom stereocenters. The van der Waals surface area contributed by atoms with Gasteiger partial charge >= 0.3 is 0 Å². The summed E-state index contributed by atoms with van der Waals surface area (Å²) in [5.41, 5.74) is 0.857. The van der Waals surface area contributed by atoms with Crippen molar-refractivity contribution in [3.63, 3.8) is 0 Å². The fraction of sp³-hybridized carbons (Fsp3) is 0.588. The molecule has 4 nitrogen and oxygen atoms in total. The van der Waals surface area contributed by atoms with Gasteiger partial charge in [0.15, 0.2) is 0 Å². The molecule has 1 saturated carbocycles. The molecule has 1 N–H and O–H groups in total. The van der Waals surface area contributed by atoms with E-state index in [1.54, 1.807) is 0 Å². The second kappa shape index (κ2) is 7.11. The normalized spacial score (nSPS) is 20.6. The van der Waals surface area contributed by atoms with Gasteiger partial charge in [0, 0.05) is 24.1 Å². The maximum atomic E-state index is 12.5. The van der Waals surface area contributed by atoms with E-state index in [1.165, 1.54) is 0 Å². The van der Waals surface area contributed by atoms with Crippen LogP contribution in [0.2, 0.25) is 0 Å². The fourth-order valence-electron chi connectivity index (χ4n) is 3.06. The largest absolute Gasteiger partial charge is 0.379 e. The Hall–Kier alpha value is -0.910. The second-order valence-corrected chi connectivity index (χ2v) is 7.07. The molecule has 0 atom stereocenters. The summed E-state index contributed by atoms with van der Waals surface area (Å²) in [5, 5.41) is 3.13. The Morgan fingerprint density at radius 3 is 2.77 bits per heavy atom. The second-order valence-electron chi connectivity index (χ2n) is 6.16. The molecule has 2 fully saturated rings. The van der Waals surface area contributed by atoms with Gasteiger partial charge in [-0.05, 0) is 43.5 Å². The van der Waals surface area contributed by atoms with Crippen LogP contribution in [-0.2, 0) is 14.9 Å². The highest BCUT2D eigenvalue weighted by Gasteiger charge is 2.51. The number of nitrogens with one attached hydrogen (secondary N) is 1. The van der Waals surface area contributed by atoms with Gasteiger partial charge in [0.2, 0.25) is 5.91 Å². The Labute approximate surface area is 140 Å². The van der Waals surface area contributed by atoms with E-state index in [2.05, 4.69) is 38.3 Å². The minimum atomic E-state index is -0.275. The van der Waals surface area contributed by atoms with Gasteiger partial charge in [-0.15, -0.1) is 0 Å². The van der Waals surface area contributed by atoms with Crippen LogP contribution >= 0.6 is 15.9 Å². The van der Waals surface area contributed by atoms with Crippen LogP contribution in [0.3, 0.4) is 0 Å². The van der Waals surface area contributed by atoms with E-state index in [9.17, 15) is 4.79 Å². The lowest BCUT2D eigenvalue weighted by Crippen LogP contribution is -2.39. The molecule has 3 rings (SSSR count). The van der Waals surface area contributed by atoms with Crippen LogP contribution in [0, 0.1) is 0 Å². The lowest BCUT2D eigenvalue weighted by molar-refractivity contribution is -0.123. The van der Waals surface area contributed by atoms with Gasteiger partial charge in [0.1, 0.15) is 0 Å². The summed E-state index contributed by atoms with van der Waals surface area (Å²) in [7, 11) is 0. The predicted octanol–water partition coefficient (Wildman–Crippen LogP) is 2.32. The summed E-state index contributed by atoms with van der Waals surface area (Å²) >= 11 is 3.49. The molecule has 1 aromatic carbocycles. The van der Waals surface area contributed by atoms with Crippen LogP contribution in [0.25, 0.3) is 0 Å². The van der Waals surface area contributed by atoms with E-state index < -0.39 is 0 Å². The number of carbonyl (C=O) groups excluding carboxylic acids is 1. The SMILES string of the molecule is O=C(NCCCN1CCOCC1)C1(c2cccc(Br)c2)CC1. The number of ether oxygens (including phenoxy) is 1. The molecule has 5 heteroatoms. The number of halogens is 1. The number of benzene rings is 1. The Morgan fingerprint density at radius 2 is 2.09 bits per heavy atom. The summed E-state index contributed by atoms with van der Waals surface area (Å²) in [6, 6.07) is 8.14. The van der Waals surface area contributed by atoms with Gasteiger partial charge in [-0.3, -0.25) is 9.69 Å². The molecule has 0 radical (unpaired) electrons. The summed E-state index contributed by atoms with van der Waals surface area (Å²) < 4.78 is 6.38. The van der Waals surface area contributed by atoms with Gasteiger partial charge in [0.05, 0.1) is 18.6 Å². The number of morpholine rings is 1. The first kappa shape index (κ1) is 16.0. The van der Waals surface area contributed by atoms with E-state index in [0.717, 1.165) is 68.7 Å². The third-order valence-corrected chi connectivity index (χ3v) is 5.10. The quantitative estimate of drug-likeness (QED) is 0.785. The van der Waals surface area contributed by atoms with E-state index >= 15 is 0 Å². The fourth-order valence-corrected chi connectivity index (χ4v) is 3.46. The third-order valence-electron chi connectivity index (χ3n) is 4.60. The Morgan fingerprint density at radius 1 is 1.32 bits per heavy atom. The van der Waals surface area contributed by atoms with Crippen molar-refractivity contribution in [2.45, 2.75) is 24.7 Å². The molecule has 0 bridgehead atoms. The standard InChI is InChI=1S/C17H23BrN2O2/c18-15-4-1-3-14(13-15)17(5-6-17)16(21)19-7-2-8-20-9-11-22-12-10-20/h1,3-4,13H,2,5-12H2,(H,19,21). The zero-order chi connectivity index (χ0) is 15.4. The topological polar surface area (TPSA) is 41.6 Å². The van der Waals surface area contributed by atoms with Crippen LogP contribution < -0.4 is 5.32 Å². The van der Waals surface area contributed by atoms with Gasteiger partial charge in [0.25, 0.3) is 0 Å². The first-order chi connectivity index (χ1) is 10.7. The molecule has 0 aromatic heterocycles. The molecule has 0 spiro atoms. The maximum Gasteiger partial charge on any atom is 0.230 e. The average Bonchev–Trinajstić information content (AvgIpc) is 3.34. The van der Waals surface area contributed by atoms with E-state index in [1.807, 2.05) is 12.1 Å². The molecule has 1 aromatic rings. The van der Waals surface area contributed by atoms with Crippen LogP contribution in [0.1, 0.15) is 24.8 Å². The Kier molecular flexibility index (Phi) is 5.16. The molecule has 22 heavy (non-hydrogen) atoms. The lowest BCUT2D eigenvalue weighted by Gasteiger charge is -2.26. The van der Waals surface area contributed by atoms with Crippen molar-refractivity contribution < 1.29 is 9.53 Å². The van der Waals surface area contributed by atoms with Crippen molar-refractivity contribution in [1.29, 1.82) is 0 Å². The van der Waals surface area contributed by atoms with Crippen LogP contribution in [0.4, 0.5) is 0 Å². The van der Waals surface area contributed by atoms with Gasteiger partial charge in [-0.25, -0.2) is 0 Å². The monoisotopic (exact) mass is 366 g/mol. The first-order valence-corrected chi connectivity index (χ1v) is 8.84. The van der Waals surface area contributed by atoms with Crippen molar-refractivity contribution in [1.82, 2.24) is 10.2 Å². The van der Waals surface area contributed by atoms with Crippen LogP contribution in [0.15, 0.2) is 28.7 Å². The molecular weight excluding hydrogens is 344 g/mol. The van der Waals surface area contributed by atoms with Crippen molar-refractivity contribution in [2.24, 2.45) is 0 Å². The number of carbonyl (C=O) groups is 1. The number of nitrogens with zero attached hydrogens (tertiary/aromatic N) is 1. The first-order valence-electron chi connectivity index (χ1n) is 8.05. The highest BCUT2D eigenvalue weighted by atomic mass is 79.9. The maximum absolute atomic E-state index is 12.5. The summed E-state index contributed by atoms with van der Waals surface area (Å²) in [6.07, 6.45) is 2.91. The molecule has 1 amide bonds. The summed E-state index contributed by atoms with van der Waals surface area (Å²) in [5.74, 6) is 0.188. The number of amides is 1. The van der Waals surface area contributed by atoms with Crippen molar-refractivity contribution in [3.8, 4) is 0 Å². The molecule has 1 aliphatic carbocycles. The van der Waals surface area contributed by atoms with E-state index in [0.29, 0.717) is 0 Å². The molecule has 2 aliphatic rings. The average molecular weight is 367 g/mol. The highest BCUT2D eigenvalue weighted by molar-refractivity contribution is 9.10. The molecule has 1 heterocycles. The zero-order valence-electron chi connectivity index (χ0n) is 12.8. The zero-order valence-corrected chi connectivity index (χ0v) is 14.4. The minimum Gasteiger partial charge on any atom is -0.379 e. The Balaban J connectivity index is 1.45. The van der Waals surface area contributed by atoms with E-state index in [4.69, 9.17) is 4.74 Å². The van der Waals surface area contributed by atoms with Crippen molar-refractivity contribution in [3.05, 3.63) is 34.3 Å². The van der Waals surface area contributed by atoms with Gasteiger partial charge < -0.3 is 10.1 Å². The summed E-state index contributed by atoms with van der Waals surface area (Å²) in [6.45, 7) is 5.47. The summed E-state index contributed by atoms with van der Waals surface area (Å²) in [4.78, 5) is 14.9. The lowest BCUT2D eigenvalue weighted by atomic mass is 9.95. The van der Waals surface area contributed by atoms with Gasteiger partial charge in [-0.1, -0.05) is 28.1 Å². The van der Waals surface area contributed by atoms with Crippen molar-refractivity contribution >= 4 is 21.8 Å². The number of hydrogen-bond donors (Lipinski definition) is 1. The third kappa shape index (κ3) is 3.70. The molecule has 120 valence electrons. The minimum absolute atomic E-state index is 0.188. The van der Waals surface area contributed by atoms with Gasteiger partial charge in [-0.2, -0.15) is 0 Å². The number of hydrogen-bond acceptors (Lipinski definition) is 3. The number of rotatable bonds is 6. The van der Waals surface area contributed by atoms with E-state index in [-0.39, 0.29) is 11.3 Å². The van der Waals surface area contributed by atoms with Crippen LogP contribution in [0.5, 0.6) is 0 Å². The molecular formula is C17H23BrN2O2. The predicted molar refractivity (Wildman–Crippen MR) is 89.9 cm³/mol. The smallest absolute Gasteiger partial charge is 0.230 e. The molecule has 1 aliphatic heterocycles. The highest BCUT2D eigenvalue weighted by Crippen LogP contribution is 2.48. The Bertz CT molecular complexity index is 525. The van der Waals surface area contributed by atoms with Crippen LogP contribution in [-0.4, -0.2) is 50.2 Å². The van der Waals surface area contributed by atoms with Crippen molar-refractivity contribution in [2.75, 3.05) is 39.4 Å². The molecule has 1 saturated heterocycles.